The molecular weight excluding hydrogens is 210 g/mol. The summed E-state index contributed by atoms with van der Waals surface area (Å²) in [6.07, 6.45) is 0.334. The normalized spacial score (nSPS) is 31.1. The minimum absolute atomic E-state index is 0.132. The van der Waals surface area contributed by atoms with Gasteiger partial charge < -0.3 is 4.74 Å². The number of carbonyl (C=O) groups is 1. The Kier molecular flexibility index (Phi) is 3.40. The maximum Gasteiger partial charge on any atom is 0.317 e. The number of esters is 1. The second-order valence-electron chi connectivity index (χ2n) is 3.43. The Hall–Kier alpha value is -0.320. The molecule has 82 valence electrons. The van der Waals surface area contributed by atoms with E-state index in [0.29, 0.717) is 5.75 Å². The highest BCUT2D eigenvalue weighted by Gasteiger charge is 2.59. The fraction of sp³-hybridized carbons (Fsp3) is 0.889. The van der Waals surface area contributed by atoms with Crippen LogP contribution in [0.25, 0.3) is 0 Å². The number of hydrogen-bond donors (Lipinski definition) is 0. The Balaban J connectivity index is 3.00. The number of hydrogen-bond acceptors (Lipinski definition) is 3. The van der Waals surface area contributed by atoms with Gasteiger partial charge in [0.1, 0.15) is 5.41 Å². The third-order valence-electron chi connectivity index (χ3n) is 2.84. The average Bonchev–Trinajstić information content (AvgIpc) is 2.16. The van der Waals surface area contributed by atoms with Crippen molar-refractivity contribution in [2.75, 3.05) is 18.6 Å². The Morgan fingerprint density at radius 2 is 2.21 bits per heavy atom. The number of alkyl halides is 2. The van der Waals surface area contributed by atoms with Crippen LogP contribution in [0.15, 0.2) is 0 Å². The molecule has 0 aliphatic carbocycles. The number of carbonyl (C=O) groups excluding carboxylic acids is 1. The summed E-state index contributed by atoms with van der Waals surface area (Å²) in [6.45, 7) is 1.61. The molecule has 1 aliphatic heterocycles. The van der Waals surface area contributed by atoms with Crippen LogP contribution in [-0.2, 0) is 9.53 Å². The topological polar surface area (TPSA) is 26.3 Å². The highest BCUT2D eigenvalue weighted by Crippen LogP contribution is 2.49. The maximum atomic E-state index is 13.6. The largest absolute Gasteiger partial charge is 0.468 e. The molecule has 0 saturated carbocycles. The van der Waals surface area contributed by atoms with E-state index in [1.54, 1.807) is 6.92 Å². The number of methoxy groups -OCH3 is 1. The minimum Gasteiger partial charge on any atom is -0.468 e. The van der Waals surface area contributed by atoms with Crippen molar-refractivity contribution >= 4 is 17.7 Å². The molecule has 0 N–H and O–H groups in total. The second kappa shape index (κ2) is 4.04. The molecule has 14 heavy (non-hydrogen) atoms. The van der Waals surface area contributed by atoms with Gasteiger partial charge in [0.15, 0.2) is 0 Å². The van der Waals surface area contributed by atoms with Crippen LogP contribution in [0.1, 0.15) is 19.8 Å². The van der Waals surface area contributed by atoms with Crippen LogP contribution in [-0.4, -0.2) is 30.5 Å². The lowest BCUT2D eigenvalue weighted by atomic mass is 9.76. The quantitative estimate of drug-likeness (QED) is 0.673. The van der Waals surface area contributed by atoms with Gasteiger partial charge in [-0.3, -0.25) is 4.79 Å². The van der Waals surface area contributed by atoms with Gasteiger partial charge in [-0.15, -0.1) is 0 Å². The molecule has 0 amide bonds. The summed E-state index contributed by atoms with van der Waals surface area (Å²) in [5.41, 5.74) is -1.59. The third-order valence-corrected chi connectivity index (χ3v) is 3.90. The first-order valence-electron chi connectivity index (χ1n) is 4.54. The Morgan fingerprint density at radius 1 is 1.57 bits per heavy atom. The van der Waals surface area contributed by atoms with Crippen molar-refractivity contribution in [3.63, 3.8) is 0 Å². The summed E-state index contributed by atoms with van der Waals surface area (Å²) >= 11 is 1.19. The SMILES string of the molecule is CCC1(C(=O)OC)CCSCC1(F)F. The molecular formula is C9H14F2O2S. The highest BCUT2D eigenvalue weighted by atomic mass is 32.2. The number of rotatable bonds is 2. The summed E-state index contributed by atoms with van der Waals surface area (Å²) in [6, 6.07) is 0. The van der Waals surface area contributed by atoms with Crippen molar-refractivity contribution in [1.82, 2.24) is 0 Å². The zero-order valence-electron chi connectivity index (χ0n) is 8.31. The van der Waals surface area contributed by atoms with Gasteiger partial charge >= 0.3 is 5.97 Å². The molecule has 1 atom stereocenters. The van der Waals surface area contributed by atoms with Gasteiger partial charge in [-0.2, -0.15) is 11.8 Å². The van der Waals surface area contributed by atoms with Crippen LogP contribution >= 0.6 is 11.8 Å². The van der Waals surface area contributed by atoms with Gasteiger partial charge in [0, 0.05) is 0 Å². The molecule has 5 heteroatoms. The smallest absolute Gasteiger partial charge is 0.317 e. The van der Waals surface area contributed by atoms with Crippen molar-refractivity contribution in [2.45, 2.75) is 25.7 Å². The third kappa shape index (κ3) is 1.62. The van der Waals surface area contributed by atoms with E-state index in [9.17, 15) is 13.6 Å². The molecule has 1 saturated heterocycles. The summed E-state index contributed by atoms with van der Waals surface area (Å²) in [5.74, 6) is -3.41. The van der Waals surface area contributed by atoms with Gasteiger partial charge in [0.05, 0.1) is 12.9 Å². The summed E-state index contributed by atoms with van der Waals surface area (Å²) in [7, 11) is 1.16. The van der Waals surface area contributed by atoms with E-state index in [-0.39, 0.29) is 18.6 Å². The Labute approximate surface area is 86.4 Å². The van der Waals surface area contributed by atoms with Crippen molar-refractivity contribution in [2.24, 2.45) is 5.41 Å². The number of ether oxygens (including phenoxy) is 1. The average molecular weight is 224 g/mol. The van der Waals surface area contributed by atoms with Gasteiger partial charge in [-0.25, -0.2) is 8.78 Å². The number of halogens is 2. The monoisotopic (exact) mass is 224 g/mol. The van der Waals surface area contributed by atoms with Crippen LogP contribution in [0.3, 0.4) is 0 Å². The second-order valence-corrected chi connectivity index (χ2v) is 4.54. The molecule has 2 nitrogen and oxygen atoms in total. The maximum absolute atomic E-state index is 13.6. The Morgan fingerprint density at radius 3 is 2.64 bits per heavy atom. The van der Waals surface area contributed by atoms with E-state index in [0.717, 1.165) is 7.11 Å². The van der Waals surface area contributed by atoms with E-state index >= 15 is 0 Å². The fourth-order valence-electron chi connectivity index (χ4n) is 1.79. The molecule has 0 aromatic carbocycles. The van der Waals surface area contributed by atoms with Gasteiger partial charge in [-0.05, 0) is 18.6 Å². The zero-order valence-corrected chi connectivity index (χ0v) is 9.13. The van der Waals surface area contributed by atoms with E-state index in [1.807, 2.05) is 0 Å². The van der Waals surface area contributed by atoms with Gasteiger partial charge in [0.25, 0.3) is 5.92 Å². The minimum atomic E-state index is -2.95. The molecule has 0 bridgehead atoms. The lowest BCUT2D eigenvalue weighted by molar-refractivity contribution is -0.180. The van der Waals surface area contributed by atoms with E-state index in [2.05, 4.69) is 4.74 Å². The predicted octanol–water partition coefficient (Wildman–Crippen LogP) is 2.33. The Bertz CT molecular complexity index is 233. The van der Waals surface area contributed by atoms with E-state index in [4.69, 9.17) is 0 Å². The molecule has 0 radical (unpaired) electrons. The molecule has 1 heterocycles. The van der Waals surface area contributed by atoms with E-state index in [1.165, 1.54) is 11.8 Å². The first-order chi connectivity index (χ1) is 6.50. The fourth-order valence-corrected chi connectivity index (χ4v) is 2.96. The lowest BCUT2D eigenvalue weighted by Gasteiger charge is -2.40. The molecule has 0 aromatic heterocycles. The van der Waals surface area contributed by atoms with Crippen molar-refractivity contribution in [3.8, 4) is 0 Å². The van der Waals surface area contributed by atoms with Crippen molar-refractivity contribution < 1.29 is 18.3 Å². The first-order valence-corrected chi connectivity index (χ1v) is 5.69. The molecule has 1 rings (SSSR count). The molecule has 0 spiro atoms. The standard InChI is InChI=1S/C9H14F2O2S/c1-3-8(7(12)13-2)4-5-14-6-9(8,10)11/h3-6H2,1-2H3. The van der Waals surface area contributed by atoms with Crippen LogP contribution in [0, 0.1) is 5.41 Å². The van der Waals surface area contributed by atoms with Crippen molar-refractivity contribution in [1.29, 1.82) is 0 Å². The summed E-state index contributed by atoms with van der Waals surface area (Å²) < 4.78 is 31.8. The van der Waals surface area contributed by atoms with Crippen LogP contribution in [0.2, 0.25) is 0 Å². The van der Waals surface area contributed by atoms with E-state index < -0.39 is 17.3 Å². The van der Waals surface area contributed by atoms with Crippen LogP contribution in [0.5, 0.6) is 0 Å². The molecule has 0 aromatic rings. The molecule has 1 fully saturated rings. The molecule has 1 unspecified atom stereocenters. The zero-order chi connectivity index (χ0) is 10.8. The first kappa shape index (κ1) is 11.8. The number of thioether (sulfide) groups is 1. The van der Waals surface area contributed by atoms with Crippen molar-refractivity contribution in [3.05, 3.63) is 0 Å². The summed E-state index contributed by atoms with van der Waals surface area (Å²) in [4.78, 5) is 11.4. The highest BCUT2D eigenvalue weighted by molar-refractivity contribution is 7.99. The van der Waals surface area contributed by atoms with Crippen LogP contribution in [0.4, 0.5) is 8.78 Å². The summed E-state index contributed by atoms with van der Waals surface area (Å²) in [5, 5.41) is 0. The molecule has 1 aliphatic rings. The lowest BCUT2D eigenvalue weighted by Crippen LogP contribution is -2.52. The predicted molar refractivity (Wildman–Crippen MR) is 51.6 cm³/mol. The van der Waals surface area contributed by atoms with Crippen LogP contribution < -0.4 is 0 Å². The van der Waals surface area contributed by atoms with Gasteiger partial charge in [0.2, 0.25) is 0 Å². The van der Waals surface area contributed by atoms with Gasteiger partial charge in [-0.1, -0.05) is 6.92 Å².